The molecule has 1 atom stereocenters. The maximum atomic E-state index is 11.8. The number of likely N-dealkylation sites (tertiary alicyclic amines) is 1. The van der Waals surface area contributed by atoms with Crippen molar-refractivity contribution in [2.45, 2.75) is 18.9 Å². The van der Waals surface area contributed by atoms with Crippen LogP contribution >= 0.6 is 15.9 Å². The number of amides is 2. The van der Waals surface area contributed by atoms with E-state index >= 15 is 0 Å². The Hall–Kier alpha value is -1.56. The lowest BCUT2D eigenvalue weighted by atomic mass is 10.2. The standard InChI is InChI=1S/C13H15BrN2O3/c14-10-5-3-9(4-6-10)12(17)19-8-11-2-1-7-16(11)13(15)18/h3-6,11H,1-2,7-8H2,(H2,15,18)/t11-/m1/s1. The van der Waals surface area contributed by atoms with Crippen molar-refractivity contribution in [3.63, 3.8) is 0 Å². The SMILES string of the molecule is NC(=O)N1CCC[C@@H]1COC(=O)c1ccc(Br)cc1. The maximum Gasteiger partial charge on any atom is 0.338 e. The minimum Gasteiger partial charge on any atom is -0.460 e. The van der Waals surface area contributed by atoms with Gasteiger partial charge in [0.15, 0.2) is 0 Å². The molecule has 1 heterocycles. The summed E-state index contributed by atoms with van der Waals surface area (Å²) in [6.45, 7) is 0.827. The van der Waals surface area contributed by atoms with Gasteiger partial charge in [0, 0.05) is 11.0 Å². The number of benzene rings is 1. The average Bonchev–Trinajstić information content (AvgIpc) is 2.85. The van der Waals surface area contributed by atoms with Crippen LogP contribution in [0.3, 0.4) is 0 Å². The summed E-state index contributed by atoms with van der Waals surface area (Å²) in [6.07, 6.45) is 1.71. The molecule has 19 heavy (non-hydrogen) atoms. The van der Waals surface area contributed by atoms with E-state index in [0.29, 0.717) is 12.1 Å². The van der Waals surface area contributed by atoms with Crippen molar-refractivity contribution >= 4 is 27.9 Å². The number of urea groups is 1. The van der Waals surface area contributed by atoms with Crippen molar-refractivity contribution in [3.8, 4) is 0 Å². The minimum absolute atomic E-state index is 0.100. The molecule has 0 unspecified atom stereocenters. The van der Waals surface area contributed by atoms with E-state index in [1.165, 1.54) is 0 Å². The van der Waals surface area contributed by atoms with Crippen molar-refractivity contribution in [2.24, 2.45) is 5.73 Å². The Morgan fingerprint density at radius 2 is 2.05 bits per heavy atom. The van der Waals surface area contributed by atoms with Gasteiger partial charge < -0.3 is 15.4 Å². The molecule has 0 bridgehead atoms. The molecule has 0 spiro atoms. The fraction of sp³-hybridized carbons (Fsp3) is 0.385. The lowest BCUT2D eigenvalue weighted by Crippen LogP contribution is -2.41. The molecule has 1 fully saturated rings. The zero-order chi connectivity index (χ0) is 13.8. The highest BCUT2D eigenvalue weighted by atomic mass is 79.9. The predicted octanol–water partition coefficient (Wildman–Crippen LogP) is 2.15. The summed E-state index contributed by atoms with van der Waals surface area (Å²) >= 11 is 3.30. The number of halogens is 1. The normalized spacial score (nSPS) is 18.4. The third kappa shape index (κ3) is 3.47. The number of carbonyl (C=O) groups excluding carboxylic acids is 2. The van der Waals surface area contributed by atoms with Gasteiger partial charge in [0.05, 0.1) is 11.6 Å². The van der Waals surface area contributed by atoms with Crippen LogP contribution < -0.4 is 5.73 Å². The molecular formula is C13H15BrN2O3. The van der Waals surface area contributed by atoms with Gasteiger partial charge in [-0.1, -0.05) is 15.9 Å². The van der Waals surface area contributed by atoms with Crippen LogP contribution in [0.15, 0.2) is 28.7 Å². The summed E-state index contributed by atoms with van der Waals surface area (Å²) in [5, 5.41) is 0. The zero-order valence-corrected chi connectivity index (χ0v) is 11.9. The van der Waals surface area contributed by atoms with E-state index in [4.69, 9.17) is 10.5 Å². The highest BCUT2D eigenvalue weighted by Crippen LogP contribution is 2.18. The molecule has 0 aromatic heterocycles. The van der Waals surface area contributed by atoms with Crippen molar-refractivity contribution in [1.82, 2.24) is 4.90 Å². The average molecular weight is 327 g/mol. The second-order valence-electron chi connectivity index (χ2n) is 4.43. The van der Waals surface area contributed by atoms with Gasteiger partial charge in [-0.2, -0.15) is 0 Å². The first-order chi connectivity index (χ1) is 9.08. The molecule has 1 aliphatic rings. The largest absolute Gasteiger partial charge is 0.460 e. The molecule has 0 aliphatic carbocycles. The number of hydrogen-bond donors (Lipinski definition) is 1. The molecule has 2 N–H and O–H groups in total. The monoisotopic (exact) mass is 326 g/mol. The fourth-order valence-electron chi connectivity index (χ4n) is 2.14. The van der Waals surface area contributed by atoms with Crippen LogP contribution in [0, 0.1) is 0 Å². The minimum atomic E-state index is -0.456. The lowest BCUT2D eigenvalue weighted by Gasteiger charge is -2.22. The van der Waals surface area contributed by atoms with E-state index < -0.39 is 6.03 Å². The van der Waals surface area contributed by atoms with Gasteiger partial charge in [0.1, 0.15) is 6.61 Å². The van der Waals surface area contributed by atoms with Gasteiger partial charge >= 0.3 is 12.0 Å². The van der Waals surface area contributed by atoms with Gasteiger partial charge in [-0.3, -0.25) is 0 Å². The second kappa shape index (κ2) is 6.06. The van der Waals surface area contributed by atoms with E-state index in [2.05, 4.69) is 15.9 Å². The van der Waals surface area contributed by atoms with E-state index in [9.17, 15) is 9.59 Å². The first-order valence-electron chi connectivity index (χ1n) is 6.06. The molecule has 1 aromatic rings. The summed E-state index contributed by atoms with van der Waals surface area (Å²) in [4.78, 5) is 24.5. The van der Waals surface area contributed by atoms with Gasteiger partial charge in [-0.15, -0.1) is 0 Å². The Balaban J connectivity index is 1.90. The van der Waals surface area contributed by atoms with Crippen molar-refractivity contribution < 1.29 is 14.3 Å². The van der Waals surface area contributed by atoms with Crippen LogP contribution in [0.25, 0.3) is 0 Å². The number of nitrogens with zero attached hydrogens (tertiary/aromatic N) is 1. The van der Waals surface area contributed by atoms with Crippen LogP contribution in [-0.4, -0.2) is 36.1 Å². The van der Waals surface area contributed by atoms with Crippen LogP contribution in [0.5, 0.6) is 0 Å². The van der Waals surface area contributed by atoms with Crippen LogP contribution in [0.2, 0.25) is 0 Å². The van der Waals surface area contributed by atoms with Gasteiger partial charge in [-0.05, 0) is 37.1 Å². The third-order valence-corrected chi connectivity index (χ3v) is 3.68. The van der Waals surface area contributed by atoms with Gasteiger partial charge in [-0.25, -0.2) is 9.59 Å². The van der Waals surface area contributed by atoms with Crippen molar-refractivity contribution in [3.05, 3.63) is 34.3 Å². The summed E-state index contributed by atoms with van der Waals surface area (Å²) < 4.78 is 6.13. The summed E-state index contributed by atoms with van der Waals surface area (Å²) in [7, 11) is 0. The lowest BCUT2D eigenvalue weighted by molar-refractivity contribution is 0.0422. The summed E-state index contributed by atoms with van der Waals surface area (Å²) in [5.41, 5.74) is 5.76. The van der Waals surface area contributed by atoms with E-state index in [1.54, 1.807) is 29.2 Å². The molecule has 1 saturated heterocycles. The third-order valence-electron chi connectivity index (χ3n) is 3.15. The smallest absolute Gasteiger partial charge is 0.338 e. The number of carbonyl (C=O) groups is 2. The van der Waals surface area contributed by atoms with Crippen molar-refractivity contribution in [1.29, 1.82) is 0 Å². The number of ether oxygens (including phenoxy) is 1. The summed E-state index contributed by atoms with van der Waals surface area (Å²) in [6, 6.07) is 6.38. The number of primary amides is 1. The molecule has 2 amide bonds. The Morgan fingerprint density at radius 1 is 1.37 bits per heavy atom. The number of hydrogen-bond acceptors (Lipinski definition) is 3. The highest BCUT2D eigenvalue weighted by molar-refractivity contribution is 9.10. The first-order valence-corrected chi connectivity index (χ1v) is 6.86. The predicted molar refractivity (Wildman–Crippen MR) is 73.7 cm³/mol. The summed E-state index contributed by atoms with van der Waals surface area (Å²) in [5.74, 6) is -0.385. The van der Waals surface area contributed by atoms with Gasteiger partial charge in [0.2, 0.25) is 0 Å². The quantitative estimate of drug-likeness (QED) is 0.865. The number of rotatable bonds is 3. The first kappa shape index (κ1) is 13.9. The molecule has 1 aliphatic heterocycles. The molecule has 6 heteroatoms. The highest BCUT2D eigenvalue weighted by Gasteiger charge is 2.28. The Bertz CT molecular complexity index is 475. The van der Waals surface area contributed by atoms with Crippen molar-refractivity contribution in [2.75, 3.05) is 13.2 Å². The van der Waals surface area contributed by atoms with Crippen LogP contribution in [0.4, 0.5) is 4.79 Å². The number of esters is 1. The Labute approximate surface area is 119 Å². The Kier molecular flexibility index (Phi) is 4.42. The van der Waals surface area contributed by atoms with Crippen LogP contribution in [-0.2, 0) is 4.74 Å². The molecular weight excluding hydrogens is 312 g/mol. The number of nitrogens with two attached hydrogens (primary N) is 1. The fourth-order valence-corrected chi connectivity index (χ4v) is 2.40. The maximum absolute atomic E-state index is 11.8. The van der Waals surface area contributed by atoms with Gasteiger partial charge in [0.25, 0.3) is 0 Å². The molecule has 2 rings (SSSR count). The molecule has 5 nitrogen and oxygen atoms in total. The van der Waals surface area contributed by atoms with E-state index in [1.807, 2.05) is 0 Å². The Morgan fingerprint density at radius 3 is 2.68 bits per heavy atom. The zero-order valence-electron chi connectivity index (χ0n) is 10.3. The molecule has 0 saturated carbocycles. The van der Waals surface area contributed by atoms with E-state index in [-0.39, 0.29) is 18.6 Å². The second-order valence-corrected chi connectivity index (χ2v) is 5.35. The topological polar surface area (TPSA) is 72.6 Å². The molecule has 0 radical (unpaired) electrons. The van der Waals surface area contributed by atoms with Crippen LogP contribution in [0.1, 0.15) is 23.2 Å². The molecule has 102 valence electrons. The molecule has 1 aromatic carbocycles. The van der Waals surface area contributed by atoms with E-state index in [0.717, 1.165) is 17.3 Å².